The Morgan fingerprint density at radius 3 is 2.61 bits per heavy atom. The molecule has 0 bridgehead atoms. The topological polar surface area (TPSA) is 68.5 Å². The molecule has 23 heavy (non-hydrogen) atoms. The normalized spacial score (nSPS) is 14.5. The Morgan fingerprint density at radius 1 is 1.17 bits per heavy atom. The monoisotopic (exact) mass is 313 g/mol. The SMILES string of the molecule is O=C(NCc1ccccc1N1CCOCC1)c1cc[n+]([O-])cc1. The molecule has 0 unspecified atom stereocenters. The van der Waals surface area contributed by atoms with Crippen molar-refractivity contribution in [1.29, 1.82) is 0 Å². The first kappa shape index (κ1) is 15.3. The van der Waals surface area contributed by atoms with Gasteiger partial charge < -0.3 is 20.2 Å². The van der Waals surface area contributed by atoms with E-state index in [4.69, 9.17) is 4.74 Å². The van der Waals surface area contributed by atoms with Gasteiger partial charge in [-0.15, -0.1) is 0 Å². The van der Waals surface area contributed by atoms with Crippen molar-refractivity contribution in [3.63, 3.8) is 0 Å². The van der Waals surface area contributed by atoms with Crippen LogP contribution < -0.4 is 14.9 Å². The number of hydrogen-bond acceptors (Lipinski definition) is 4. The van der Waals surface area contributed by atoms with Crippen LogP contribution in [0.5, 0.6) is 0 Å². The highest BCUT2D eigenvalue weighted by Gasteiger charge is 2.15. The molecule has 0 atom stereocenters. The van der Waals surface area contributed by atoms with Gasteiger partial charge in [0.15, 0.2) is 12.4 Å². The highest BCUT2D eigenvalue weighted by Crippen LogP contribution is 2.21. The average molecular weight is 313 g/mol. The first-order chi connectivity index (χ1) is 11.2. The van der Waals surface area contributed by atoms with Gasteiger partial charge in [-0.2, -0.15) is 4.73 Å². The minimum absolute atomic E-state index is 0.192. The smallest absolute Gasteiger partial charge is 0.252 e. The maximum Gasteiger partial charge on any atom is 0.252 e. The minimum atomic E-state index is -0.192. The van der Waals surface area contributed by atoms with Crippen molar-refractivity contribution in [2.45, 2.75) is 6.54 Å². The summed E-state index contributed by atoms with van der Waals surface area (Å²) in [6.07, 6.45) is 2.63. The van der Waals surface area contributed by atoms with Gasteiger partial charge >= 0.3 is 0 Å². The number of amides is 1. The standard InChI is InChI=1S/C17H19N3O3/c21-17(14-5-7-20(22)8-6-14)18-13-15-3-1-2-4-16(15)19-9-11-23-12-10-19/h1-8H,9-13H2,(H,18,21). The van der Waals surface area contributed by atoms with Crippen LogP contribution in [0.25, 0.3) is 0 Å². The zero-order valence-electron chi connectivity index (χ0n) is 12.8. The number of morpholine rings is 1. The number of carbonyl (C=O) groups excluding carboxylic acids is 1. The molecule has 1 aliphatic heterocycles. The summed E-state index contributed by atoms with van der Waals surface area (Å²) in [5.74, 6) is -0.192. The molecule has 1 N–H and O–H groups in total. The Bertz CT molecular complexity index is 667. The van der Waals surface area contributed by atoms with Crippen LogP contribution in [-0.4, -0.2) is 32.2 Å². The fourth-order valence-electron chi connectivity index (χ4n) is 2.61. The number of benzene rings is 1. The number of anilines is 1. The van der Waals surface area contributed by atoms with Gasteiger partial charge in [-0.25, -0.2) is 0 Å². The Kier molecular flexibility index (Phi) is 4.73. The zero-order chi connectivity index (χ0) is 16.1. The van der Waals surface area contributed by atoms with E-state index in [0.717, 1.165) is 37.6 Å². The molecule has 0 spiro atoms. The molecule has 1 aromatic carbocycles. The lowest BCUT2D eigenvalue weighted by molar-refractivity contribution is -0.605. The van der Waals surface area contributed by atoms with Crippen molar-refractivity contribution in [3.8, 4) is 0 Å². The fourth-order valence-corrected chi connectivity index (χ4v) is 2.61. The molecule has 1 amide bonds. The molecule has 2 aromatic rings. The van der Waals surface area contributed by atoms with Gasteiger partial charge in [-0.1, -0.05) is 18.2 Å². The Balaban J connectivity index is 1.68. The molecule has 6 heteroatoms. The number of hydrogen-bond donors (Lipinski definition) is 1. The molecule has 3 rings (SSSR count). The summed E-state index contributed by atoms with van der Waals surface area (Å²) in [6, 6.07) is 11.1. The van der Waals surface area contributed by atoms with Gasteiger partial charge in [0.25, 0.3) is 5.91 Å². The second-order valence-corrected chi connectivity index (χ2v) is 5.36. The molecule has 6 nitrogen and oxygen atoms in total. The Labute approximate surface area is 134 Å². The second-order valence-electron chi connectivity index (χ2n) is 5.36. The Hall–Kier alpha value is -2.60. The van der Waals surface area contributed by atoms with E-state index in [0.29, 0.717) is 16.8 Å². The number of rotatable bonds is 4. The predicted molar refractivity (Wildman–Crippen MR) is 86.0 cm³/mol. The third kappa shape index (κ3) is 3.78. The van der Waals surface area contributed by atoms with Crippen molar-refractivity contribution >= 4 is 11.6 Å². The van der Waals surface area contributed by atoms with Crippen LogP contribution >= 0.6 is 0 Å². The van der Waals surface area contributed by atoms with E-state index in [1.165, 1.54) is 24.5 Å². The first-order valence-electron chi connectivity index (χ1n) is 7.61. The van der Waals surface area contributed by atoms with Crippen LogP contribution in [0.15, 0.2) is 48.8 Å². The van der Waals surface area contributed by atoms with E-state index in [-0.39, 0.29) is 5.91 Å². The number of carbonyl (C=O) groups is 1. The maximum absolute atomic E-state index is 12.2. The van der Waals surface area contributed by atoms with Gasteiger partial charge in [0.2, 0.25) is 0 Å². The number of pyridine rings is 1. The van der Waals surface area contributed by atoms with Crippen LogP contribution in [0, 0.1) is 5.21 Å². The number of nitrogens with one attached hydrogen (secondary N) is 1. The van der Waals surface area contributed by atoms with Crippen molar-refractivity contribution in [1.82, 2.24) is 5.32 Å². The number of ether oxygens (including phenoxy) is 1. The second kappa shape index (κ2) is 7.11. The summed E-state index contributed by atoms with van der Waals surface area (Å²) in [4.78, 5) is 14.4. The third-order valence-electron chi connectivity index (χ3n) is 3.85. The summed E-state index contributed by atoms with van der Waals surface area (Å²) in [5.41, 5.74) is 2.67. The number of aromatic nitrogens is 1. The van der Waals surface area contributed by atoms with E-state index >= 15 is 0 Å². The van der Waals surface area contributed by atoms with Gasteiger partial charge in [-0.05, 0) is 11.6 Å². The molecule has 1 aliphatic rings. The van der Waals surface area contributed by atoms with Crippen LogP contribution in [0.3, 0.4) is 0 Å². The van der Waals surface area contributed by atoms with Gasteiger partial charge in [-0.3, -0.25) is 4.79 Å². The van der Waals surface area contributed by atoms with Crippen molar-refractivity contribution in [3.05, 3.63) is 65.1 Å². The average Bonchev–Trinajstić information content (AvgIpc) is 2.61. The lowest BCUT2D eigenvalue weighted by atomic mass is 10.1. The zero-order valence-corrected chi connectivity index (χ0v) is 12.8. The molecule has 0 saturated carbocycles. The summed E-state index contributed by atoms with van der Waals surface area (Å²) >= 11 is 0. The molecule has 0 radical (unpaired) electrons. The number of nitrogens with zero attached hydrogens (tertiary/aromatic N) is 2. The lowest BCUT2D eigenvalue weighted by Gasteiger charge is -2.30. The lowest BCUT2D eigenvalue weighted by Crippen LogP contribution is -2.37. The minimum Gasteiger partial charge on any atom is -0.619 e. The van der Waals surface area contributed by atoms with E-state index < -0.39 is 0 Å². The molecule has 0 aliphatic carbocycles. The van der Waals surface area contributed by atoms with Crippen molar-refractivity contribution < 1.29 is 14.3 Å². The van der Waals surface area contributed by atoms with E-state index in [2.05, 4.69) is 16.3 Å². The highest BCUT2D eigenvalue weighted by molar-refractivity contribution is 5.93. The molecule has 1 aromatic heterocycles. The molecule has 2 heterocycles. The number of para-hydroxylation sites is 1. The highest BCUT2D eigenvalue weighted by atomic mass is 16.5. The third-order valence-corrected chi connectivity index (χ3v) is 3.85. The van der Waals surface area contributed by atoms with Gasteiger partial charge in [0.05, 0.1) is 18.8 Å². The van der Waals surface area contributed by atoms with Crippen molar-refractivity contribution in [2.75, 3.05) is 31.2 Å². The molecular formula is C17H19N3O3. The molecule has 120 valence electrons. The van der Waals surface area contributed by atoms with Crippen LogP contribution in [-0.2, 0) is 11.3 Å². The van der Waals surface area contributed by atoms with E-state index in [9.17, 15) is 10.0 Å². The first-order valence-corrected chi connectivity index (χ1v) is 7.61. The quantitative estimate of drug-likeness (QED) is 0.677. The van der Waals surface area contributed by atoms with Crippen LogP contribution in [0.4, 0.5) is 5.69 Å². The summed E-state index contributed by atoms with van der Waals surface area (Å²) < 4.78 is 6.05. The predicted octanol–water partition coefficient (Wildman–Crippen LogP) is 1.09. The van der Waals surface area contributed by atoms with Crippen molar-refractivity contribution in [2.24, 2.45) is 0 Å². The van der Waals surface area contributed by atoms with E-state index in [1.54, 1.807) is 0 Å². The van der Waals surface area contributed by atoms with Crippen LogP contribution in [0.1, 0.15) is 15.9 Å². The van der Waals surface area contributed by atoms with Gasteiger partial charge in [0.1, 0.15) is 0 Å². The summed E-state index contributed by atoms with van der Waals surface area (Å²) in [7, 11) is 0. The van der Waals surface area contributed by atoms with Crippen LogP contribution in [0.2, 0.25) is 0 Å². The maximum atomic E-state index is 12.2. The van der Waals surface area contributed by atoms with E-state index in [1.807, 2.05) is 18.2 Å². The molecule has 1 fully saturated rings. The van der Waals surface area contributed by atoms with Gasteiger partial charge in [0, 0.05) is 37.5 Å². The molecular weight excluding hydrogens is 294 g/mol. The summed E-state index contributed by atoms with van der Waals surface area (Å²) in [5, 5.41) is 13.9. The largest absolute Gasteiger partial charge is 0.619 e. The summed E-state index contributed by atoms with van der Waals surface area (Å²) in [6.45, 7) is 3.60. The molecule has 1 saturated heterocycles. The Morgan fingerprint density at radius 2 is 1.87 bits per heavy atom. The fraction of sp³-hybridized carbons (Fsp3) is 0.294.